The lowest BCUT2D eigenvalue weighted by Gasteiger charge is -2.32. The standard InChI is InChI=1S/C11H20N4O/c1-9(6-12)8-14-10-2-4-15(5-3-10)11(16)7-13/h9-10,14H,2-5,7-8,13H2,1H3. The summed E-state index contributed by atoms with van der Waals surface area (Å²) in [6.45, 7) is 4.28. The molecule has 0 saturated carbocycles. The van der Waals surface area contributed by atoms with E-state index < -0.39 is 0 Å². The molecule has 1 amide bonds. The van der Waals surface area contributed by atoms with Crippen molar-refractivity contribution in [3.05, 3.63) is 0 Å². The number of carbonyl (C=O) groups is 1. The molecule has 1 aliphatic heterocycles. The zero-order chi connectivity index (χ0) is 12.0. The van der Waals surface area contributed by atoms with Crippen LogP contribution in [0.3, 0.4) is 0 Å². The summed E-state index contributed by atoms with van der Waals surface area (Å²) < 4.78 is 0. The molecule has 16 heavy (non-hydrogen) atoms. The molecule has 5 heteroatoms. The van der Waals surface area contributed by atoms with Gasteiger partial charge in [-0.25, -0.2) is 0 Å². The van der Waals surface area contributed by atoms with Crippen LogP contribution in [0.2, 0.25) is 0 Å². The highest BCUT2D eigenvalue weighted by Crippen LogP contribution is 2.10. The summed E-state index contributed by atoms with van der Waals surface area (Å²) in [7, 11) is 0. The lowest BCUT2D eigenvalue weighted by molar-refractivity contribution is -0.130. The molecule has 0 radical (unpaired) electrons. The SMILES string of the molecule is CC(C#N)CNC1CCN(C(=O)CN)CC1. The van der Waals surface area contributed by atoms with Crippen molar-refractivity contribution in [2.45, 2.75) is 25.8 Å². The maximum atomic E-state index is 11.3. The Kier molecular flexibility index (Phi) is 5.23. The Morgan fingerprint density at radius 1 is 1.62 bits per heavy atom. The molecule has 5 nitrogen and oxygen atoms in total. The maximum absolute atomic E-state index is 11.3. The fourth-order valence-electron chi connectivity index (χ4n) is 1.85. The van der Waals surface area contributed by atoms with Crippen molar-refractivity contribution in [2.24, 2.45) is 11.7 Å². The third-order valence-corrected chi connectivity index (χ3v) is 2.96. The smallest absolute Gasteiger partial charge is 0.236 e. The number of hydrogen-bond acceptors (Lipinski definition) is 4. The van der Waals surface area contributed by atoms with Crippen molar-refractivity contribution in [3.63, 3.8) is 0 Å². The molecule has 1 unspecified atom stereocenters. The molecule has 1 aliphatic rings. The summed E-state index contributed by atoms with van der Waals surface area (Å²) in [6, 6.07) is 2.63. The minimum absolute atomic E-state index is 0.0313. The molecule has 0 aromatic carbocycles. The fourth-order valence-corrected chi connectivity index (χ4v) is 1.85. The summed E-state index contributed by atoms with van der Waals surface area (Å²) in [4.78, 5) is 13.1. The molecule has 0 bridgehead atoms. The molecule has 1 atom stereocenters. The maximum Gasteiger partial charge on any atom is 0.236 e. The number of likely N-dealkylation sites (tertiary alicyclic amines) is 1. The predicted octanol–water partition coefficient (Wildman–Crippen LogP) is -0.315. The van der Waals surface area contributed by atoms with Gasteiger partial charge >= 0.3 is 0 Å². The van der Waals surface area contributed by atoms with Gasteiger partial charge in [-0.2, -0.15) is 5.26 Å². The van der Waals surface area contributed by atoms with Gasteiger partial charge < -0.3 is 16.0 Å². The molecule has 3 N–H and O–H groups in total. The third-order valence-electron chi connectivity index (χ3n) is 2.96. The molecule has 1 fully saturated rings. The van der Waals surface area contributed by atoms with E-state index in [1.54, 1.807) is 0 Å². The van der Waals surface area contributed by atoms with Gasteiger partial charge in [0.15, 0.2) is 0 Å². The molecule has 1 rings (SSSR count). The number of nitrogens with zero attached hydrogens (tertiary/aromatic N) is 2. The van der Waals surface area contributed by atoms with Crippen LogP contribution < -0.4 is 11.1 Å². The highest BCUT2D eigenvalue weighted by Gasteiger charge is 2.21. The van der Waals surface area contributed by atoms with Gasteiger partial charge in [0.1, 0.15) is 0 Å². The number of rotatable bonds is 4. The molecule has 1 saturated heterocycles. The van der Waals surface area contributed by atoms with E-state index in [1.807, 2.05) is 11.8 Å². The van der Waals surface area contributed by atoms with Crippen LogP contribution in [0.1, 0.15) is 19.8 Å². The van der Waals surface area contributed by atoms with Crippen molar-refractivity contribution in [1.82, 2.24) is 10.2 Å². The molecule has 0 aromatic rings. The number of hydrogen-bond donors (Lipinski definition) is 2. The van der Waals surface area contributed by atoms with Crippen LogP contribution in [-0.4, -0.2) is 43.0 Å². The van der Waals surface area contributed by atoms with E-state index in [2.05, 4.69) is 11.4 Å². The van der Waals surface area contributed by atoms with Crippen molar-refractivity contribution < 1.29 is 4.79 Å². The van der Waals surface area contributed by atoms with Crippen molar-refractivity contribution >= 4 is 5.91 Å². The monoisotopic (exact) mass is 224 g/mol. The summed E-state index contributed by atoms with van der Waals surface area (Å²) in [5.41, 5.74) is 5.31. The second kappa shape index (κ2) is 6.46. The molecule has 90 valence electrons. The summed E-state index contributed by atoms with van der Waals surface area (Å²) in [6.07, 6.45) is 1.90. The first-order chi connectivity index (χ1) is 7.67. The second-order valence-corrected chi connectivity index (χ2v) is 4.30. The van der Waals surface area contributed by atoms with Gasteiger partial charge in [0.2, 0.25) is 5.91 Å². The van der Waals surface area contributed by atoms with Crippen molar-refractivity contribution in [3.8, 4) is 6.07 Å². The second-order valence-electron chi connectivity index (χ2n) is 4.30. The highest BCUT2D eigenvalue weighted by atomic mass is 16.2. The molecule has 1 heterocycles. The number of nitriles is 1. The van der Waals surface area contributed by atoms with Crippen LogP contribution in [0.4, 0.5) is 0 Å². The third kappa shape index (κ3) is 3.80. The van der Waals surface area contributed by atoms with Crippen LogP contribution >= 0.6 is 0 Å². The molecule has 0 spiro atoms. The molecular weight excluding hydrogens is 204 g/mol. The van der Waals surface area contributed by atoms with Crippen LogP contribution in [-0.2, 0) is 4.79 Å². The lowest BCUT2D eigenvalue weighted by atomic mass is 10.0. The Balaban J connectivity index is 2.22. The van der Waals surface area contributed by atoms with Crippen LogP contribution in [0.15, 0.2) is 0 Å². The number of piperidine rings is 1. The molecular formula is C11H20N4O. The lowest BCUT2D eigenvalue weighted by Crippen LogP contribution is -2.47. The Bertz CT molecular complexity index is 266. The first-order valence-electron chi connectivity index (χ1n) is 5.78. The number of nitrogens with two attached hydrogens (primary N) is 1. The number of amides is 1. The zero-order valence-electron chi connectivity index (χ0n) is 9.78. The van der Waals surface area contributed by atoms with E-state index >= 15 is 0 Å². The van der Waals surface area contributed by atoms with E-state index in [-0.39, 0.29) is 18.4 Å². The largest absolute Gasteiger partial charge is 0.341 e. The highest BCUT2D eigenvalue weighted by molar-refractivity contribution is 5.78. The van der Waals surface area contributed by atoms with Gasteiger partial charge in [0.05, 0.1) is 18.5 Å². The van der Waals surface area contributed by atoms with Crippen LogP contribution in [0.25, 0.3) is 0 Å². The van der Waals surface area contributed by atoms with Gasteiger partial charge in [-0.1, -0.05) is 0 Å². The van der Waals surface area contributed by atoms with Crippen LogP contribution in [0, 0.1) is 17.2 Å². The van der Waals surface area contributed by atoms with E-state index in [0.717, 1.165) is 32.5 Å². The quantitative estimate of drug-likeness (QED) is 0.686. The average molecular weight is 224 g/mol. The van der Waals surface area contributed by atoms with E-state index in [1.165, 1.54) is 0 Å². The fraction of sp³-hybridized carbons (Fsp3) is 0.818. The van der Waals surface area contributed by atoms with Gasteiger partial charge in [-0.05, 0) is 19.8 Å². The first-order valence-corrected chi connectivity index (χ1v) is 5.78. The van der Waals surface area contributed by atoms with Gasteiger partial charge in [0, 0.05) is 25.7 Å². The van der Waals surface area contributed by atoms with Crippen molar-refractivity contribution in [1.29, 1.82) is 5.26 Å². The van der Waals surface area contributed by atoms with E-state index in [4.69, 9.17) is 11.0 Å². The van der Waals surface area contributed by atoms with Gasteiger partial charge in [-0.15, -0.1) is 0 Å². The zero-order valence-corrected chi connectivity index (χ0v) is 9.78. The summed E-state index contributed by atoms with van der Waals surface area (Å²) in [5.74, 6) is 0.0764. The summed E-state index contributed by atoms with van der Waals surface area (Å²) in [5, 5.41) is 12.0. The average Bonchev–Trinajstić information content (AvgIpc) is 2.35. The van der Waals surface area contributed by atoms with Gasteiger partial charge in [0.25, 0.3) is 0 Å². The molecule has 0 aromatic heterocycles. The predicted molar refractivity (Wildman–Crippen MR) is 61.4 cm³/mol. The number of carbonyl (C=O) groups excluding carboxylic acids is 1. The summed E-state index contributed by atoms with van der Waals surface area (Å²) >= 11 is 0. The Morgan fingerprint density at radius 2 is 2.25 bits per heavy atom. The van der Waals surface area contributed by atoms with Gasteiger partial charge in [-0.3, -0.25) is 4.79 Å². The minimum Gasteiger partial charge on any atom is -0.341 e. The Morgan fingerprint density at radius 3 is 2.75 bits per heavy atom. The van der Waals surface area contributed by atoms with Crippen molar-refractivity contribution in [2.75, 3.05) is 26.2 Å². The first kappa shape index (κ1) is 12.9. The molecule has 0 aliphatic carbocycles. The minimum atomic E-state index is 0.0313. The Labute approximate surface area is 96.6 Å². The topological polar surface area (TPSA) is 82.2 Å². The number of nitrogens with one attached hydrogen (secondary N) is 1. The normalized spacial score (nSPS) is 19.2. The van der Waals surface area contributed by atoms with Crippen LogP contribution in [0.5, 0.6) is 0 Å². The van der Waals surface area contributed by atoms with E-state index in [9.17, 15) is 4.79 Å². The Hall–Kier alpha value is -1.12. The van der Waals surface area contributed by atoms with E-state index in [0.29, 0.717) is 6.04 Å².